The zero-order chi connectivity index (χ0) is 24.7. The first kappa shape index (κ1) is 33.9. The second kappa shape index (κ2) is 16.8. The minimum atomic E-state index is -2.33. The molecule has 1 aliphatic rings. The molecule has 0 amide bonds. The summed E-state index contributed by atoms with van der Waals surface area (Å²) in [6.45, 7) is 2.11. The van der Waals surface area contributed by atoms with E-state index < -0.39 is 12.0 Å². The molecule has 1 aliphatic carbocycles. The number of methoxy groups -OCH3 is 1. The summed E-state index contributed by atoms with van der Waals surface area (Å²) < 4.78 is 24.2. The van der Waals surface area contributed by atoms with Gasteiger partial charge in [-0.3, -0.25) is 0 Å². The van der Waals surface area contributed by atoms with Gasteiger partial charge < -0.3 is 29.8 Å². The van der Waals surface area contributed by atoms with E-state index in [0.717, 1.165) is 36.2 Å². The van der Waals surface area contributed by atoms with Crippen LogP contribution in [0.5, 0.6) is 5.75 Å². The number of nitrogens with one attached hydrogen (secondary N) is 1. The number of carbonyl (C=O) groups excluding carboxylic acids is 2. The van der Waals surface area contributed by atoms with Crippen molar-refractivity contribution >= 4 is 23.6 Å². The molecule has 0 saturated carbocycles. The monoisotopic (exact) mass is 733 g/mol. The summed E-state index contributed by atoms with van der Waals surface area (Å²) in [5.41, 5.74) is 3.92. The number of carbonyl (C=O) groups is 2. The number of benzene rings is 2. The number of ether oxygens (including phenoxy) is 2. The molecule has 0 unspecified atom stereocenters. The number of hydrogen-bond donors (Lipinski definition) is 1. The molecular weight excluding hydrogens is 711 g/mol. The first-order valence-corrected chi connectivity index (χ1v) is 10.5. The number of hydrogen-bond acceptors (Lipinski definition) is 9. The number of aryl methyl sites for hydroxylation is 1. The maximum Gasteiger partial charge on any atom is 1.00 e. The minimum Gasteiger partial charge on any atom is -0.652 e. The Morgan fingerprint density at radius 2 is 1.72 bits per heavy atom. The third-order valence-electron chi connectivity index (χ3n) is 5.00. The topological polar surface area (TPSA) is 137 Å². The smallest absolute Gasteiger partial charge is 0.652 e. The van der Waals surface area contributed by atoms with Crippen LogP contribution in [0.4, 0.5) is 20.7 Å². The molecule has 0 atom stereocenters. The van der Waals surface area contributed by atoms with Gasteiger partial charge in [-0.1, -0.05) is 0 Å². The van der Waals surface area contributed by atoms with Gasteiger partial charge in [0.2, 0.25) is 0 Å². The predicted molar refractivity (Wildman–Crippen MR) is 117 cm³/mol. The number of nitrogens with zero attached hydrogens (tertiary/aromatic N) is 2. The van der Waals surface area contributed by atoms with Gasteiger partial charge in [-0.15, -0.1) is 0 Å². The first-order valence-electron chi connectivity index (χ1n) is 10.5. The van der Waals surface area contributed by atoms with Crippen molar-refractivity contribution in [1.29, 1.82) is 0 Å². The molecule has 0 fully saturated rings. The fourth-order valence-corrected chi connectivity index (χ4v) is 3.51. The van der Waals surface area contributed by atoms with Crippen LogP contribution in [-0.2, 0) is 17.6 Å². The third kappa shape index (κ3) is 9.57. The van der Waals surface area contributed by atoms with E-state index >= 15 is 0 Å². The zero-order valence-electron chi connectivity index (χ0n) is 20.6. The zero-order valence-corrected chi connectivity index (χ0v) is 33.2. The quantitative estimate of drug-likeness (QED) is 0.254. The Balaban J connectivity index is 0.00000101. The molecule has 0 spiro atoms. The van der Waals surface area contributed by atoms with Crippen molar-refractivity contribution < 1.29 is 171 Å². The van der Waals surface area contributed by atoms with Crippen LogP contribution in [0.2, 0.25) is 0 Å². The number of esters is 1. The number of fused-ring (bicyclic) bond motifs is 1. The number of aromatic nitrogens is 2. The van der Waals surface area contributed by atoms with Gasteiger partial charge in [0, 0.05) is 22.5 Å². The summed E-state index contributed by atoms with van der Waals surface area (Å²) in [6.07, 6.45) is 0.413. The van der Waals surface area contributed by atoms with Crippen molar-refractivity contribution in [2.75, 3.05) is 19.0 Å². The summed E-state index contributed by atoms with van der Waals surface area (Å²) in [5.74, 6) is 0.536. The Morgan fingerprint density at radius 3 is 2.31 bits per heavy atom. The molecule has 9 nitrogen and oxygen atoms in total. The molecule has 3 aromatic rings. The second-order valence-electron chi connectivity index (χ2n) is 7.20. The van der Waals surface area contributed by atoms with E-state index in [0.29, 0.717) is 29.4 Å². The van der Waals surface area contributed by atoms with Crippen LogP contribution in [0.15, 0.2) is 42.5 Å². The summed E-state index contributed by atoms with van der Waals surface area (Å²) in [4.78, 5) is 29.5. The van der Waals surface area contributed by atoms with Gasteiger partial charge in [-0.05, 0) is 74.8 Å². The fourth-order valence-electron chi connectivity index (χ4n) is 3.51. The molecule has 1 N–H and O–H groups in total. The number of carboxylic acid groups (broad SMARTS) is 2. The number of rotatable bonds is 6. The molecule has 178 valence electrons. The van der Waals surface area contributed by atoms with Gasteiger partial charge >= 0.3 is 144 Å². The Kier molecular flexibility index (Phi) is 15.8. The van der Waals surface area contributed by atoms with Gasteiger partial charge in [-0.2, -0.15) is 0 Å². The van der Waals surface area contributed by atoms with E-state index in [9.17, 15) is 9.18 Å². The summed E-state index contributed by atoms with van der Waals surface area (Å²) in [5, 5.41) is 20.0. The maximum absolute atomic E-state index is 14.2. The third-order valence-corrected chi connectivity index (χ3v) is 5.00. The van der Waals surface area contributed by atoms with Gasteiger partial charge in [-0.25, -0.2) is 19.2 Å². The maximum atomic E-state index is 14.2. The Bertz CT molecular complexity index is 1190. The first-order chi connectivity index (χ1) is 16.3. The molecule has 0 radical (unpaired) electrons. The van der Waals surface area contributed by atoms with Crippen molar-refractivity contribution in [1.82, 2.24) is 9.97 Å². The molecule has 0 saturated heterocycles. The van der Waals surface area contributed by atoms with E-state index in [1.807, 2.05) is 12.1 Å². The van der Waals surface area contributed by atoms with Crippen LogP contribution < -0.4 is 158 Å². The molecule has 0 bridgehead atoms. The Morgan fingerprint density at radius 1 is 1.06 bits per heavy atom. The molecule has 36 heavy (non-hydrogen) atoms. The largest absolute Gasteiger partial charge is 1.00 e. The van der Waals surface area contributed by atoms with Crippen LogP contribution in [0.3, 0.4) is 0 Å². The van der Waals surface area contributed by atoms with Crippen molar-refractivity contribution in [3.63, 3.8) is 0 Å². The average molecular weight is 733 g/mol. The van der Waals surface area contributed by atoms with E-state index in [2.05, 4.69) is 15.3 Å². The van der Waals surface area contributed by atoms with Crippen molar-refractivity contribution in [2.24, 2.45) is 0 Å². The molecule has 12 heteroatoms. The van der Waals surface area contributed by atoms with E-state index in [-0.39, 0.29) is 150 Å². The summed E-state index contributed by atoms with van der Waals surface area (Å²) >= 11 is 0. The summed E-state index contributed by atoms with van der Waals surface area (Å²) in [7, 11) is 1.43. The normalized spacial score (nSPS) is 11.0. The van der Waals surface area contributed by atoms with Crippen LogP contribution in [0, 0.1) is 5.82 Å². The van der Waals surface area contributed by atoms with Gasteiger partial charge in [0.1, 0.15) is 5.82 Å². The van der Waals surface area contributed by atoms with Crippen molar-refractivity contribution in [2.45, 2.75) is 26.2 Å². The van der Waals surface area contributed by atoms with Gasteiger partial charge in [0.05, 0.1) is 19.3 Å². The average Bonchev–Trinajstić information content (AvgIpc) is 3.28. The number of anilines is 2. The molecule has 1 heterocycles. The van der Waals surface area contributed by atoms with Gasteiger partial charge in [0.25, 0.3) is 0 Å². The van der Waals surface area contributed by atoms with E-state index in [1.165, 1.54) is 13.2 Å². The van der Waals surface area contributed by atoms with Crippen molar-refractivity contribution in [3.05, 3.63) is 65.1 Å². The number of halogens is 1. The molecule has 0 aliphatic heterocycles. The molecule has 4 rings (SSSR count). The molecular formula is C24H22Cs2FN3O6. The van der Waals surface area contributed by atoms with Crippen LogP contribution in [0.1, 0.15) is 35.0 Å². The van der Waals surface area contributed by atoms with Crippen molar-refractivity contribution in [3.8, 4) is 17.1 Å². The standard InChI is InChI=1S/C23H22FN3O3.CH2O3.2Cs/c1-3-30-23(28)14-7-10-16(11-8-14)25-22-17-5-4-6-19(17)26-21(27-22)15-9-12-20(29-2)18(24)13-15;2-1(3)4;;/h7-13H,3-6H2,1-2H3,(H,25,26,27);(H2,2,3,4);;/q;;2*+1/p-2. The SMILES string of the molecule is CCOC(=O)c1ccc(Nc2nc(-c3ccc(OC)c(F)c3)nc3c2CCC3)cc1.O=C([O-])[O-].[Cs+].[Cs+]. The van der Waals surface area contributed by atoms with E-state index in [4.69, 9.17) is 24.5 Å². The minimum absolute atomic E-state index is 0. The Labute approximate surface area is 325 Å². The van der Waals surface area contributed by atoms with E-state index in [1.54, 1.807) is 31.2 Å². The molecule has 2 aromatic carbocycles. The van der Waals surface area contributed by atoms with Crippen LogP contribution in [0.25, 0.3) is 11.4 Å². The Hall–Kier alpha value is -0.106. The van der Waals surface area contributed by atoms with Crippen LogP contribution >= 0.6 is 0 Å². The summed E-state index contributed by atoms with van der Waals surface area (Å²) in [6, 6.07) is 11.7. The predicted octanol–water partition coefficient (Wildman–Crippen LogP) is -3.74. The van der Waals surface area contributed by atoms with Crippen LogP contribution in [-0.4, -0.2) is 35.8 Å². The van der Waals surface area contributed by atoms with Gasteiger partial charge in [0.15, 0.2) is 17.4 Å². The fraction of sp³-hybridized carbons (Fsp3) is 0.250. The molecule has 1 aromatic heterocycles. The second-order valence-corrected chi connectivity index (χ2v) is 7.20.